The van der Waals surface area contributed by atoms with Gasteiger partial charge in [-0.05, 0) is 33.1 Å². The fourth-order valence-corrected chi connectivity index (χ4v) is 2.86. The van der Waals surface area contributed by atoms with Crippen molar-refractivity contribution in [2.45, 2.75) is 45.4 Å². The Labute approximate surface area is 116 Å². The first kappa shape index (κ1) is 12.6. The van der Waals surface area contributed by atoms with E-state index >= 15 is 0 Å². The first-order valence-electron chi connectivity index (χ1n) is 6.72. The van der Waals surface area contributed by atoms with E-state index in [1.165, 1.54) is 22.7 Å². The summed E-state index contributed by atoms with van der Waals surface area (Å²) in [5.74, 6) is 1.30. The fraction of sp³-hybridized carbons (Fsp3) is 0.615. The first-order valence-corrected chi connectivity index (χ1v) is 7.54. The van der Waals surface area contributed by atoms with Crippen molar-refractivity contribution in [1.82, 2.24) is 15.2 Å². The van der Waals surface area contributed by atoms with Gasteiger partial charge in [0.25, 0.3) is 0 Å². The SMILES string of the molecule is Cc1nc(CCCNc2nnc(C3CC3)o2)sc1C. The average Bonchev–Trinajstić information content (AvgIpc) is 3.05. The molecule has 0 radical (unpaired) electrons. The lowest BCUT2D eigenvalue weighted by atomic mass is 10.3. The summed E-state index contributed by atoms with van der Waals surface area (Å²) in [6, 6.07) is 0.549. The molecule has 102 valence electrons. The Morgan fingerprint density at radius 1 is 1.32 bits per heavy atom. The highest BCUT2D eigenvalue weighted by molar-refractivity contribution is 7.11. The summed E-state index contributed by atoms with van der Waals surface area (Å²) in [7, 11) is 0. The van der Waals surface area contributed by atoms with Gasteiger partial charge in [0.05, 0.1) is 10.7 Å². The molecule has 2 aromatic heterocycles. The van der Waals surface area contributed by atoms with Crippen molar-refractivity contribution in [2.75, 3.05) is 11.9 Å². The van der Waals surface area contributed by atoms with Crippen molar-refractivity contribution in [3.63, 3.8) is 0 Å². The molecule has 1 saturated carbocycles. The van der Waals surface area contributed by atoms with Gasteiger partial charge in [-0.3, -0.25) is 0 Å². The van der Waals surface area contributed by atoms with E-state index in [0.717, 1.165) is 31.0 Å². The van der Waals surface area contributed by atoms with Gasteiger partial charge in [0, 0.05) is 23.8 Å². The summed E-state index contributed by atoms with van der Waals surface area (Å²) in [5.41, 5.74) is 1.15. The van der Waals surface area contributed by atoms with Crippen molar-refractivity contribution in [3.05, 3.63) is 21.5 Å². The molecule has 0 bridgehead atoms. The molecule has 1 fully saturated rings. The Balaban J connectivity index is 1.42. The Kier molecular flexibility index (Phi) is 3.50. The Hall–Kier alpha value is -1.43. The highest BCUT2D eigenvalue weighted by Crippen LogP contribution is 2.39. The molecule has 3 rings (SSSR count). The lowest BCUT2D eigenvalue weighted by molar-refractivity contribution is 0.506. The van der Waals surface area contributed by atoms with Crippen molar-refractivity contribution >= 4 is 17.4 Å². The van der Waals surface area contributed by atoms with Crippen LogP contribution in [-0.4, -0.2) is 21.7 Å². The minimum absolute atomic E-state index is 0.518. The first-order chi connectivity index (χ1) is 9.22. The van der Waals surface area contributed by atoms with Gasteiger partial charge in [-0.2, -0.15) is 0 Å². The molecule has 5 nitrogen and oxygen atoms in total. The van der Waals surface area contributed by atoms with Crippen molar-refractivity contribution < 1.29 is 4.42 Å². The van der Waals surface area contributed by atoms with Crippen LogP contribution in [0, 0.1) is 13.8 Å². The van der Waals surface area contributed by atoms with E-state index in [0.29, 0.717) is 11.9 Å². The topological polar surface area (TPSA) is 63.8 Å². The van der Waals surface area contributed by atoms with Crippen LogP contribution in [0.1, 0.15) is 46.6 Å². The summed E-state index contributed by atoms with van der Waals surface area (Å²) >= 11 is 1.79. The average molecular weight is 278 g/mol. The maximum absolute atomic E-state index is 5.54. The van der Waals surface area contributed by atoms with Crippen LogP contribution in [0.4, 0.5) is 6.01 Å². The Bertz CT molecular complexity index is 539. The van der Waals surface area contributed by atoms with Crippen molar-refractivity contribution in [2.24, 2.45) is 0 Å². The van der Waals surface area contributed by atoms with Gasteiger partial charge in [0.15, 0.2) is 0 Å². The molecule has 0 saturated heterocycles. The Morgan fingerprint density at radius 2 is 2.16 bits per heavy atom. The summed E-state index contributed by atoms with van der Waals surface area (Å²) in [5, 5.41) is 12.4. The van der Waals surface area contributed by atoms with Crippen LogP contribution in [0.15, 0.2) is 4.42 Å². The second-order valence-electron chi connectivity index (χ2n) is 5.00. The van der Waals surface area contributed by atoms with Gasteiger partial charge >= 0.3 is 6.01 Å². The second-order valence-corrected chi connectivity index (χ2v) is 6.29. The maximum Gasteiger partial charge on any atom is 0.315 e. The molecule has 1 N–H and O–H groups in total. The third-order valence-corrected chi connectivity index (χ3v) is 4.42. The molecule has 0 amide bonds. The van der Waals surface area contributed by atoms with Gasteiger partial charge in [-0.1, -0.05) is 5.10 Å². The molecule has 0 atom stereocenters. The van der Waals surface area contributed by atoms with E-state index in [4.69, 9.17) is 4.42 Å². The van der Waals surface area contributed by atoms with E-state index < -0.39 is 0 Å². The van der Waals surface area contributed by atoms with Crippen molar-refractivity contribution in [1.29, 1.82) is 0 Å². The second kappa shape index (κ2) is 5.28. The normalized spacial score (nSPS) is 14.8. The number of rotatable bonds is 6. The predicted octanol–water partition coefficient (Wildman–Crippen LogP) is 3.07. The summed E-state index contributed by atoms with van der Waals surface area (Å²) < 4.78 is 5.54. The molecule has 19 heavy (non-hydrogen) atoms. The molecular formula is C13H18N4OS. The van der Waals surface area contributed by atoms with Gasteiger partial charge in [-0.15, -0.1) is 16.4 Å². The zero-order valence-corrected chi connectivity index (χ0v) is 12.1. The molecule has 2 heterocycles. The van der Waals surface area contributed by atoms with Crippen LogP contribution >= 0.6 is 11.3 Å². The summed E-state index contributed by atoms with van der Waals surface area (Å²) in [6.45, 7) is 5.02. The molecule has 1 aliphatic carbocycles. The molecule has 2 aromatic rings. The Morgan fingerprint density at radius 3 is 2.84 bits per heavy atom. The highest BCUT2D eigenvalue weighted by atomic mass is 32.1. The zero-order chi connectivity index (χ0) is 13.2. The molecule has 0 aromatic carbocycles. The van der Waals surface area contributed by atoms with E-state index in [1.54, 1.807) is 11.3 Å². The summed E-state index contributed by atoms with van der Waals surface area (Å²) in [4.78, 5) is 5.84. The van der Waals surface area contributed by atoms with Gasteiger partial charge in [0.1, 0.15) is 0 Å². The minimum atomic E-state index is 0.518. The number of aromatic nitrogens is 3. The van der Waals surface area contributed by atoms with E-state index in [-0.39, 0.29) is 0 Å². The van der Waals surface area contributed by atoms with Crippen LogP contribution in [0.3, 0.4) is 0 Å². The van der Waals surface area contributed by atoms with Crippen molar-refractivity contribution in [3.8, 4) is 0 Å². The maximum atomic E-state index is 5.54. The van der Waals surface area contributed by atoms with E-state index in [9.17, 15) is 0 Å². The van der Waals surface area contributed by atoms with Crippen LogP contribution in [0.5, 0.6) is 0 Å². The zero-order valence-electron chi connectivity index (χ0n) is 11.3. The third-order valence-electron chi connectivity index (χ3n) is 3.28. The van der Waals surface area contributed by atoms with Crippen LogP contribution in [0.25, 0.3) is 0 Å². The number of nitrogens with zero attached hydrogens (tertiary/aromatic N) is 3. The molecule has 0 aliphatic heterocycles. The third kappa shape index (κ3) is 3.12. The molecule has 6 heteroatoms. The summed E-state index contributed by atoms with van der Waals surface area (Å²) in [6.07, 6.45) is 4.39. The number of aryl methyl sites for hydroxylation is 3. The van der Waals surface area contributed by atoms with Crippen LogP contribution in [0.2, 0.25) is 0 Å². The number of hydrogen-bond acceptors (Lipinski definition) is 6. The van der Waals surface area contributed by atoms with Gasteiger partial charge in [0.2, 0.25) is 5.89 Å². The number of nitrogens with one attached hydrogen (secondary N) is 1. The molecule has 0 unspecified atom stereocenters. The molecule has 0 spiro atoms. The highest BCUT2D eigenvalue weighted by Gasteiger charge is 2.29. The standard InChI is InChI=1S/C13H18N4OS/c1-8-9(2)19-11(15-8)4-3-7-14-13-17-16-12(18-13)10-5-6-10/h10H,3-7H2,1-2H3,(H,14,17). The number of anilines is 1. The largest absolute Gasteiger partial charge is 0.408 e. The number of hydrogen-bond donors (Lipinski definition) is 1. The van der Waals surface area contributed by atoms with Crippen LogP contribution < -0.4 is 5.32 Å². The quantitative estimate of drug-likeness (QED) is 0.823. The lowest BCUT2D eigenvalue weighted by Gasteiger charge is -1.99. The van der Waals surface area contributed by atoms with E-state index in [2.05, 4.69) is 34.3 Å². The molecular weight excluding hydrogens is 260 g/mol. The lowest BCUT2D eigenvalue weighted by Crippen LogP contribution is -2.03. The molecule has 1 aliphatic rings. The smallest absolute Gasteiger partial charge is 0.315 e. The van der Waals surface area contributed by atoms with Gasteiger partial charge in [-0.25, -0.2) is 4.98 Å². The predicted molar refractivity (Wildman–Crippen MR) is 74.7 cm³/mol. The minimum Gasteiger partial charge on any atom is -0.408 e. The number of thiazole rings is 1. The monoisotopic (exact) mass is 278 g/mol. The fourth-order valence-electron chi connectivity index (χ4n) is 1.88. The van der Waals surface area contributed by atoms with E-state index in [1.807, 2.05) is 0 Å². The van der Waals surface area contributed by atoms with Gasteiger partial charge < -0.3 is 9.73 Å². The van der Waals surface area contributed by atoms with Crippen LogP contribution in [-0.2, 0) is 6.42 Å².